The fourth-order valence-corrected chi connectivity index (χ4v) is 2.40. The van der Waals surface area contributed by atoms with Crippen LogP contribution in [0.2, 0.25) is 5.02 Å². The van der Waals surface area contributed by atoms with Gasteiger partial charge >= 0.3 is 0 Å². The first kappa shape index (κ1) is 16.1. The highest BCUT2D eigenvalue weighted by atomic mass is 35.5. The van der Waals surface area contributed by atoms with Gasteiger partial charge in [-0.3, -0.25) is 4.79 Å². The van der Waals surface area contributed by atoms with Gasteiger partial charge in [0, 0.05) is 13.1 Å². The van der Waals surface area contributed by atoms with Crippen molar-refractivity contribution in [3.63, 3.8) is 0 Å². The second-order valence-corrected chi connectivity index (χ2v) is 5.10. The Hall–Kier alpha value is -0.970. The van der Waals surface area contributed by atoms with Crippen LogP contribution in [0.15, 0.2) is 18.2 Å². The second-order valence-electron chi connectivity index (χ2n) is 4.69. The molecule has 106 valence electrons. The number of hydrogen-bond acceptors (Lipinski definition) is 3. The average molecular weight is 305 g/mol. The number of aromatic hydroxyl groups is 1. The average Bonchev–Trinajstić information content (AvgIpc) is 2.82. The fourth-order valence-electron chi connectivity index (χ4n) is 2.20. The summed E-state index contributed by atoms with van der Waals surface area (Å²) < 4.78 is 0. The van der Waals surface area contributed by atoms with Crippen LogP contribution in [0, 0.1) is 5.92 Å². The van der Waals surface area contributed by atoms with Crippen LogP contribution in [0.3, 0.4) is 0 Å². The van der Waals surface area contributed by atoms with Crippen LogP contribution in [0.25, 0.3) is 0 Å². The maximum atomic E-state index is 12.1. The van der Waals surface area contributed by atoms with Gasteiger partial charge in [0.1, 0.15) is 5.75 Å². The molecule has 0 aromatic heterocycles. The summed E-state index contributed by atoms with van der Waals surface area (Å²) in [6.45, 7) is 2.17. The summed E-state index contributed by atoms with van der Waals surface area (Å²) in [7, 11) is 0. The van der Waals surface area contributed by atoms with E-state index in [4.69, 9.17) is 17.3 Å². The number of carbonyl (C=O) groups is 1. The van der Waals surface area contributed by atoms with E-state index in [9.17, 15) is 9.90 Å². The predicted molar refractivity (Wildman–Crippen MR) is 77.8 cm³/mol. The Labute approximate surface area is 123 Å². The van der Waals surface area contributed by atoms with E-state index in [1.165, 1.54) is 6.07 Å². The number of amides is 1. The smallest absolute Gasteiger partial charge is 0.227 e. The minimum absolute atomic E-state index is 0. The third-order valence-electron chi connectivity index (χ3n) is 3.34. The molecular formula is C13H18Cl2N2O2. The summed E-state index contributed by atoms with van der Waals surface area (Å²) >= 11 is 5.81. The molecule has 1 heterocycles. The number of hydrogen-bond donors (Lipinski definition) is 2. The zero-order valence-corrected chi connectivity index (χ0v) is 12.1. The Morgan fingerprint density at radius 3 is 2.84 bits per heavy atom. The molecule has 1 aliphatic rings. The lowest BCUT2D eigenvalue weighted by molar-refractivity contribution is -0.129. The van der Waals surface area contributed by atoms with Crippen LogP contribution in [-0.4, -0.2) is 35.5 Å². The van der Waals surface area contributed by atoms with Crippen molar-refractivity contribution in [2.24, 2.45) is 11.7 Å². The van der Waals surface area contributed by atoms with Crippen LogP contribution in [0.5, 0.6) is 5.75 Å². The zero-order chi connectivity index (χ0) is 13.1. The highest BCUT2D eigenvalue weighted by Crippen LogP contribution is 2.24. The molecule has 1 aromatic carbocycles. The van der Waals surface area contributed by atoms with Gasteiger partial charge in [0.2, 0.25) is 5.91 Å². The van der Waals surface area contributed by atoms with Crippen molar-refractivity contribution in [1.82, 2.24) is 4.90 Å². The molecule has 1 unspecified atom stereocenters. The molecule has 1 atom stereocenters. The fraction of sp³-hybridized carbons (Fsp3) is 0.462. The monoisotopic (exact) mass is 304 g/mol. The molecule has 19 heavy (non-hydrogen) atoms. The number of nitrogens with two attached hydrogens (primary N) is 1. The van der Waals surface area contributed by atoms with E-state index >= 15 is 0 Å². The van der Waals surface area contributed by atoms with E-state index in [0.29, 0.717) is 18.9 Å². The number of phenols is 1. The summed E-state index contributed by atoms with van der Waals surface area (Å²) in [4.78, 5) is 13.9. The van der Waals surface area contributed by atoms with Gasteiger partial charge in [-0.25, -0.2) is 0 Å². The Bertz CT molecular complexity index is 454. The lowest BCUT2D eigenvalue weighted by Gasteiger charge is -2.16. The SMILES string of the molecule is Cl.NCC1CCN(C(=O)Cc2ccc(O)c(Cl)c2)C1. The predicted octanol–water partition coefficient (Wildman–Crippen LogP) is 1.82. The van der Waals surface area contributed by atoms with Gasteiger partial charge in [-0.2, -0.15) is 0 Å². The molecule has 0 bridgehead atoms. The lowest BCUT2D eigenvalue weighted by atomic mass is 10.1. The Kier molecular flexibility index (Phi) is 5.91. The number of benzene rings is 1. The molecule has 6 heteroatoms. The summed E-state index contributed by atoms with van der Waals surface area (Å²) in [6.07, 6.45) is 1.30. The minimum Gasteiger partial charge on any atom is -0.506 e. The van der Waals surface area contributed by atoms with Crippen molar-refractivity contribution in [3.8, 4) is 5.75 Å². The van der Waals surface area contributed by atoms with Crippen molar-refractivity contribution in [2.45, 2.75) is 12.8 Å². The number of rotatable bonds is 3. The molecule has 1 saturated heterocycles. The molecule has 4 nitrogen and oxygen atoms in total. The molecule has 0 aliphatic carbocycles. The Morgan fingerprint density at radius 1 is 1.53 bits per heavy atom. The highest BCUT2D eigenvalue weighted by molar-refractivity contribution is 6.32. The van der Waals surface area contributed by atoms with Crippen LogP contribution >= 0.6 is 24.0 Å². The van der Waals surface area contributed by atoms with E-state index in [1.807, 2.05) is 4.90 Å². The summed E-state index contributed by atoms with van der Waals surface area (Å²) in [5.74, 6) is 0.558. The lowest BCUT2D eigenvalue weighted by Crippen LogP contribution is -2.31. The Balaban J connectivity index is 0.00000180. The summed E-state index contributed by atoms with van der Waals surface area (Å²) in [6, 6.07) is 4.86. The molecule has 0 spiro atoms. The van der Waals surface area contributed by atoms with E-state index in [0.717, 1.165) is 25.1 Å². The molecule has 1 aliphatic heterocycles. The Morgan fingerprint density at radius 2 is 2.26 bits per heavy atom. The normalized spacial score (nSPS) is 18.2. The van der Waals surface area contributed by atoms with Crippen molar-refractivity contribution in [2.75, 3.05) is 19.6 Å². The van der Waals surface area contributed by atoms with Crippen molar-refractivity contribution in [1.29, 1.82) is 0 Å². The first-order chi connectivity index (χ1) is 8.60. The van der Waals surface area contributed by atoms with E-state index in [-0.39, 0.29) is 29.1 Å². The molecule has 1 amide bonds. The van der Waals surface area contributed by atoms with Gasteiger partial charge in [0.25, 0.3) is 0 Å². The molecule has 0 radical (unpaired) electrons. The number of likely N-dealkylation sites (tertiary alicyclic amines) is 1. The van der Waals surface area contributed by atoms with Gasteiger partial charge in [-0.15, -0.1) is 12.4 Å². The molecule has 3 N–H and O–H groups in total. The first-order valence-electron chi connectivity index (χ1n) is 6.05. The third kappa shape index (κ3) is 4.00. The van der Waals surface area contributed by atoms with Crippen LogP contribution < -0.4 is 5.73 Å². The molecular weight excluding hydrogens is 287 g/mol. The number of carbonyl (C=O) groups excluding carboxylic acids is 1. The highest BCUT2D eigenvalue weighted by Gasteiger charge is 2.25. The maximum absolute atomic E-state index is 12.1. The van der Waals surface area contributed by atoms with Crippen molar-refractivity contribution >= 4 is 29.9 Å². The van der Waals surface area contributed by atoms with Gasteiger partial charge in [0.05, 0.1) is 11.4 Å². The van der Waals surface area contributed by atoms with Gasteiger partial charge in [-0.1, -0.05) is 17.7 Å². The maximum Gasteiger partial charge on any atom is 0.227 e. The minimum atomic E-state index is 0. The van der Waals surface area contributed by atoms with Gasteiger partial charge < -0.3 is 15.7 Å². The number of halogens is 2. The van der Waals surface area contributed by atoms with E-state index in [1.54, 1.807) is 12.1 Å². The van der Waals surface area contributed by atoms with E-state index < -0.39 is 0 Å². The second kappa shape index (κ2) is 6.98. The van der Waals surface area contributed by atoms with Crippen LogP contribution in [-0.2, 0) is 11.2 Å². The molecule has 2 rings (SSSR count). The number of nitrogens with zero attached hydrogens (tertiary/aromatic N) is 1. The molecule has 1 aromatic rings. The summed E-state index contributed by atoms with van der Waals surface area (Å²) in [5.41, 5.74) is 6.42. The topological polar surface area (TPSA) is 66.6 Å². The molecule has 1 fully saturated rings. The number of phenolic OH excluding ortho intramolecular Hbond substituents is 1. The third-order valence-corrected chi connectivity index (χ3v) is 3.64. The zero-order valence-electron chi connectivity index (χ0n) is 10.5. The van der Waals surface area contributed by atoms with Crippen LogP contribution in [0.4, 0.5) is 0 Å². The van der Waals surface area contributed by atoms with Gasteiger partial charge in [-0.05, 0) is 36.6 Å². The quantitative estimate of drug-likeness (QED) is 0.895. The standard InChI is InChI=1S/C13H17ClN2O2.ClH/c14-11-5-9(1-2-12(11)17)6-13(18)16-4-3-10(7-15)8-16;/h1-2,5,10,17H,3-4,6-8,15H2;1H. The van der Waals surface area contributed by atoms with Crippen LogP contribution in [0.1, 0.15) is 12.0 Å². The van der Waals surface area contributed by atoms with Gasteiger partial charge in [0.15, 0.2) is 0 Å². The van der Waals surface area contributed by atoms with Crippen molar-refractivity contribution in [3.05, 3.63) is 28.8 Å². The molecule has 0 saturated carbocycles. The largest absolute Gasteiger partial charge is 0.506 e. The first-order valence-corrected chi connectivity index (χ1v) is 6.43. The van der Waals surface area contributed by atoms with Crippen molar-refractivity contribution < 1.29 is 9.90 Å². The summed E-state index contributed by atoms with van der Waals surface area (Å²) in [5, 5.41) is 9.59. The van der Waals surface area contributed by atoms with E-state index in [2.05, 4.69) is 0 Å².